The highest BCUT2D eigenvalue weighted by Crippen LogP contribution is 2.13. The summed E-state index contributed by atoms with van der Waals surface area (Å²) in [5, 5.41) is 2.88. The fraction of sp³-hybridized carbons (Fsp3) is 0.200. The summed E-state index contributed by atoms with van der Waals surface area (Å²) < 4.78 is 0. The molecule has 0 radical (unpaired) electrons. The van der Waals surface area contributed by atoms with Crippen LogP contribution in [0.25, 0.3) is 0 Å². The van der Waals surface area contributed by atoms with Gasteiger partial charge in [-0.15, -0.1) is 0 Å². The molecule has 0 fully saturated rings. The summed E-state index contributed by atoms with van der Waals surface area (Å²) in [6.07, 6.45) is 1.40. The summed E-state index contributed by atoms with van der Waals surface area (Å²) in [5.41, 5.74) is 7.79. The first kappa shape index (κ1) is 14.0. The van der Waals surface area contributed by atoms with Gasteiger partial charge in [-0.3, -0.25) is 9.59 Å². The molecule has 1 heterocycles. The predicted molar refractivity (Wildman–Crippen MR) is 77.3 cm³/mol. The van der Waals surface area contributed by atoms with E-state index >= 15 is 0 Å². The maximum absolute atomic E-state index is 12.0. The minimum atomic E-state index is -0.230. The Morgan fingerprint density at radius 2 is 1.95 bits per heavy atom. The molecular formula is C15H17N3O2. The van der Waals surface area contributed by atoms with Crippen molar-refractivity contribution in [1.82, 2.24) is 10.3 Å². The molecule has 0 aliphatic carbocycles. The van der Waals surface area contributed by atoms with E-state index in [4.69, 9.17) is 5.73 Å². The van der Waals surface area contributed by atoms with Crippen molar-refractivity contribution in [1.29, 1.82) is 0 Å². The van der Waals surface area contributed by atoms with Gasteiger partial charge in [-0.25, -0.2) is 0 Å². The van der Waals surface area contributed by atoms with Crippen molar-refractivity contribution >= 4 is 5.91 Å². The summed E-state index contributed by atoms with van der Waals surface area (Å²) in [6.45, 7) is 2.40. The van der Waals surface area contributed by atoms with Gasteiger partial charge < -0.3 is 16.0 Å². The molecule has 1 amide bonds. The number of rotatable bonds is 4. The summed E-state index contributed by atoms with van der Waals surface area (Å²) in [4.78, 5) is 25.4. The van der Waals surface area contributed by atoms with E-state index in [0.717, 1.165) is 11.1 Å². The van der Waals surface area contributed by atoms with E-state index in [1.54, 1.807) is 0 Å². The quantitative estimate of drug-likeness (QED) is 0.783. The fourth-order valence-corrected chi connectivity index (χ4v) is 1.86. The molecule has 5 heteroatoms. The van der Waals surface area contributed by atoms with Crippen molar-refractivity contribution in [2.75, 3.05) is 0 Å². The molecule has 104 valence electrons. The second-order valence-corrected chi connectivity index (χ2v) is 4.58. The molecule has 1 unspecified atom stereocenters. The topological polar surface area (TPSA) is 88.0 Å². The average Bonchev–Trinajstić information content (AvgIpc) is 2.48. The Morgan fingerprint density at radius 3 is 2.50 bits per heavy atom. The Morgan fingerprint density at radius 1 is 1.25 bits per heavy atom. The van der Waals surface area contributed by atoms with Gasteiger partial charge in [0.15, 0.2) is 0 Å². The minimum Gasteiger partial charge on any atom is -0.345 e. The van der Waals surface area contributed by atoms with Crippen LogP contribution < -0.4 is 16.6 Å². The monoisotopic (exact) mass is 271 g/mol. The highest BCUT2D eigenvalue weighted by atomic mass is 16.2. The Bertz CT molecular complexity index is 626. The normalized spacial score (nSPS) is 11.9. The second-order valence-electron chi connectivity index (χ2n) is 4.58. The molecular weight excluding hydrogens is 254 g/mol. The molecule has 0 bridgehead atoms. The molecule has 4 N–H and O–H groups in total. The molecule has 5 nitrogen and oxygen atoms in total. The molecule has 0 aliphatic rings. The SMILES string of the molecule is CC(NC(=O)c1ccc(=O)[nH]c1)c1ccc(CN)cc1. The van der Waals surface area contributed by atoms with E-state index in [1.165, 1.54) is 18.3 Å². The van der Waals surface area contributed by atoms with Crippen LogP contribution >= 0.6 is 0 Å². The fourth-order valence-electron chi connectivity index (χ4n) is 1.86. The second kappa shape index (κ2) is 6.16. The molecule has 0 aliphatic heterocycles. The first-order chi connectivity index (χ1) is 9.60. The average molecular weight is 271 g/mol. The molecule has 1 aromatic heterocycles. The number of aromatic amines is 1. The van der Waals surface area contributed by atoms with E-state index < -0.39 is 0 Å². The van der Waals surface area contributed by atoms with Crippen LogP contribution in [0.3, 0.4) is 0 Å². The van der Waals surface area contributed by atoms with Gasteiger partial charge in [0.2, 0.25) is 5.56 Å². The number of amides is 1. The van der Waals surface area contributed by atoms with Gasteiger partial charge in [0, 0.05) is 18.8 Å². The highest BCUT2D eigenvalue weighted by Gasteiger charge is 2.11. The molecule has 20 heavy (non-hydrogen) atoms. The third-order valence-electron chi connectivity index (χ3n) is 3.11. The number of H-pyrrole nitrogens is 1. The number of nitrogens with one attached hydrogen (secondary N) is 2. The minimum absolute atomic E-state index is 0.124. The molecule has 1 atom stereocenters. The smallest absolute Gasteiger partial charge is 0.253 e. The molecule has 2 aromatic rings. The Kier molecular flexibility index (Phi) is 4.32. The van der Waals surface area contributed by atoms with Gasteiger partial charge in [-0.1, -0.05) is 24.3 Å². The van der Waals surface area contributed by atoms with Crippen LogP contribution in [-0.2, 0) is 6.54 Å². The third-order valence-corrected chi connectivity index (χ3v) is 3.11. The summed E-state index contributed by atoms with van der Waals surface area (Å²) in [6, 6.07) is 10.5. The molecule has 0 spiro atoms. The number of carbonyl (C=O) groups is 1. The molecule has 0 saturated carbocycles. The highest BCUT2D eigenvalue weighted by molar-refractivity contribution is 5.94. The number of hydrogen-bond acceptors (Lipinski definition) is 3. The number of benzene rings is 1. The van der Waals surface area contributed by atoms with E-state index in [0.29, 0.717) is 12.1 Å². The van der Waals surface area contributed by atoms with Gasteiger partial charge in [0.25, 0.3) is 5.91 Å². The molecule has 0 saturated heterocycles. The van der Waals surface area contributed by atoms with Crippen LogP contribution in [0.1, 0.15) is 34.5 Å². The maximum atomic E-state index is 12.0. The van der Waals surface area contributed by atoms with Crippen LogP contribution in [0.2, 0.25) is 0 Å². The zero-order valence-corrected chi connectivity index (χ0v) is 11.2. The van der Waals surface area contributed by atoms with Gasteiger partial charge in [-0.2, -0.15) is 0 Å². The van der Waals surface area contributed by atoms with Crippen molar-refractivity contribution in [3.63, 3.8) is 0 Å². The van der Waals surface area contributed by atoms with Crippen molar-refractivity contribution in [2.45, 2.75) is 19.5 Å². The number of carbonyl (C=O) groups excluding carboxylic acids is 1. The van der Waals surface area contributed by atoms with Crippen LogP contribution in [0.5, 0.6) is 0 Å². The standard InChI is InChI=1S/C15H17N3O2/c1-10(12-4-2-11(8-16)3-5-12)18-15(20)13-6-7-14(19)17-9-13/h2-7,9-10H,8,16H2,1H3,(H,17,19)(H,18,20). The third kappa shape index (κ3) is 3.33. The van der Waals surface area contributed by atoms with Crippen LogP contribution in [0.15, 0.2) is 47.4 Å². The van der Waals surface area contributed by atoms with Gasteiger partial charge in [0.05, 0.1) is 11.6 Å². The first-order valence-corrected chi connectivity index (χ1v) is 6.38. The Balaban J connectivity index is 2.06. The predicted octanol–water partition coefficient (Wildman–Crippen LogP) is 1.32. The van der Waals surface area contributed by atoms with E-state index in [-0.39, 0.29) is 17.5 Å². The van der Waals surface area contributed by atoms with Gasteiger partial charge in [-0.05, 0) is 24.1 Å². The number of aromatic nitrogens is 1. The van der Waals surface area contributed by atoms with Crippen molar-refractivity contribution in [3.8, 4) is 0 Å². The summed E-state index contributed by atoms with van der Waals surface area (Å²) in [5.74, 6) is -0.225. The van der Waals surface area contributed by atoms with E-state index in [1.807, 2.05) is 31.2 Å². The van der Waals surface area contributed by atoms with Crippen LogP contribution in [0.4, 0.5) is 0 Å². The number of hydrogen-bond donors (Lipinski definition) is 3. The van der Waals surface area contributed by atoms with Crippen molar-refractivity contribution in [2.24, 2.45) is 5.73 Å². The lowest BCUT2D eigenvalue weighted by Gasteiger charge is -2.14. The molecule has 2 rings (SSSR count). The summed E-state index contributed by atoms with van der Waals surface area (Å²) in [7, 11) is 0. The number of pyridine rings is 1. The molecule has 1 aromatic carbocycles. The van der Waals surface area contributed by atoms with Crippen molar-refractivity contribution < 1.29 is 4.79 Å². The summed E-state index contributed by atoms with van der Waals surface area (Å²) >= 11 is 0. The lowest BCUT2D eigenvalue weighted by atomic mass is 10.1. The van der Waals surface area contributed by atoms with E-state index in [9.17, 15) is 9.59 Å². The van der Waals surface area contributed by atoms with Crippen LogP contribution in [-0.4, -0.2) is 10.9 Å². The zero-order chi connectivity index (χ0) is 14.5. The zero-order valence-electron chi connectivity index (χ0n) is 11.2. The lowest BCUT2D eigenvalue weighted by Crippen LogP contribution is -2.27. The first-order valence-electron chi connectivity index (χ1n) is 6.38. The largest absolute Gasteiger partial charge is 0.345 e. The Hall–Kier alpha value is -2.40. The Labute approximate surface area is 116 Å². The van der Waals surface area contributed by atoms with E-state index in [2.05, 4.69) is 10.3 Å². The number of nitrogens with two attached hydrogens (primary N) is 1. The van der Waals surface area contributed by atoms with Crippen LogP contribution in [0, 0.1) is 0 Å². The maximum Gasteiger partial charge on any atom is 0.253 e. The lowest BCUT2D eigenvalue weighted by molar-refractivity contribution is 0.0939. The van der Waals surface area contributed by atoms with Gasteiger partial charge in [0.1, 0.15) is 0 Å². The van der Waals surface area contributed by atoms with Gasteiger partial charge >= 0.3 is 0 Å². The van der Waals surface area contributed by atoms with Crippen molar-refractivity contribution in [3.05, 3.63) is 69.6 Å².